The number of aliphatic hydroxyl groups is 1. The number of carbonyl (C=O) groups is 2. The second-order valence-corrected chi connectivity index (χ2v) is 7.67. The molecule has 1 aromatic heterocycles. The number of benzene rings is 2. The molecule has 1 aliphatic heterocycles. The number of carbonyl (C=O) groups excluding carboxylic acids is 2. The molecule has 0 radical (unpaired) electrons. The first-order valence-corrected chi connectivity index (χ1v) is 10.5. The Morgan fingerprint density at radius 3 is 2.76 bits per heavy atom. The minimum absolute atomic E-state index is 0.140. The third-order valence-corrected chi connectivity index (χ3v) is 5.42. The van der Waals surface area contributed by atoms with Crippen molar-refractivity contribution < 1.29 is 24.2 Å². The summed E-state index contributed by atoms with van der Waals surface area (Å²) < 4.78 is 10.5. The Kier molecular flexibility index (Phi) is 5.99. The van der Waals surface area contributed by atoms with Crippen LogP contribution in [0.2, 0.25) is 0 Å². The molecule has 0 bridgehead atoms. The molecule has 1 amide bonds. The highest BCUT2D eigenvalue weighted by atomic mass is 16.5. The number of ether oxygens (including phenoxy) is 2. The Morgan fingerprint density at radius 1 is 1.24 bits per heavy atom. The molecule has 1 atom stereocenters. The highest BCUT2D eigenvalue weighted by Gasteiger charge is 2.42. The van der Waals surface area contributed by atoms with Crippen molar-refractivity contribution >= 4 is 22.8 Å². The average Bonchev–Trinajstić information content (AvgIpc) is 3.09. The number of rotatable bonds is 4. The van der Waals surface area contributed by atoms with Crippen molar-refractivity contribution in [2.45, 2.75) is 18.9 Å². The molecule has 1 unspecified atom stereocenters. The third-order valence-electron chi connectivity index (χ3n) is 5.42. The van der Waals surface area contributed by atoms with E-state index in [0.29, 0.717) is 40.1 Å². The van der Waals surface area contributed by atoms with E-state index in [0.717, 1.165) is 0 Å². The Morgan fingerprint density at radius 2 is 2.06 bits per heavy atom. The number of nitrogens with zero attached hydrogens (tertiary/aromatic N) is 3. The summed E-state index contributed by atoms with van der Waals surface area (Å²) >= 11 is 0. The van der Waals surface area contributed by atoms with E-state index in [2.05, 4.69) is 21.8 Å². The maximum absolute atomic E-state index is 12.6. The number of amides is 1. The molecule has 0 saturated carbocycles. The summed E-state index contributed by atoms with van der Waals surface area (Å²) in [5.41, 5.74) is 0.238. The fourth-order valence-corrected chi connectivity index (χ4v) is 3.60. The van der Waals surface area contributed by atoms with Gasteiger partial charge < -0.3 is 19.5 Å². The molecule has 3 aromatic rings. The maximum Gasteiger partial charge on any atom is 0.357 e. The van der Waals surface area contributed by atoms with Gasteiger partial charge in [0.1, 0.15) is 5.75 Å². The number of methoxy groups -OCH3 is 1. The molecular formula is C25H23N3O5. The van der Waals surface area contributed by atoms with Crippen LogP contribution in [0.25, 0.3) is 22.3 Å². The van der Waals surface area contributed by atoms with Crippen LogP contribution >= 0.6 is 0 Å². The minimum Gasteiger partial charge on any atom is -0.497 e. The molecular weight excluding hydrogens is 422 g/mol. The van der Waals surface area contributed by atoms with Crippen molar-refractivity contribution in [3.63, 3.8) is 0 Å². The van der Waals surface area contributed by atoms with Crippen LogP contribution in [0.15, 0.2) is 42.5 Å². The fraction of sp³-hybridized carbons (Fsp3) is 0.280. The molecule has 1 N–H and O–H groups in total. The summed E-state index contributed by atoms with van der Waals surface area (Å²) in [7, 11) is 3.18. The highest BCUT2D eigenvalue weighted by Crippen LogP contribution is 2.26. The Balaban J connectivity index is 1.76. The summed E-state index contributed by atoms with van der Waals surface area (Å²) in [6, 6.07) is 12.3. The lowest BCUT2D eigenvalue weighted by Gasteiger charge is -2.13. The summed E-state index contributed by atoms with van der Waals surface area (Å²) in [5.74, 6) is 5.54. The number of aromatic nitrogens is 2. The van der Waals surface area contributed by atoms with Gasteiger partial charge in [0.2, 0.25) is 5.60 Å². The van der Waals surface area contributed by atoms with E-state index >= 15 is 0 Å². The van der Waals surface area contributed by atoms with Gasteiger partial charge in [0.05, 0.1) is 19.2 Å². The molecule has 0 spiro atoms. The summed E-state index contributed by atoms with van der Waals surface area (Å²) in [6.45, 7) is 2.40. The van der Waals surface area contributed by atoms with E-state index in [4.69, 9.17) is 9.47 Å². The molecule has 33 heavy (non-hydrogen) atoms. The zero-order valence-corrected chi connectivity index (χ0v) is 18.6. The monoisotopic (exact) mass is 445 g/mol. The van der Waals surface area contributed by atoms with E-state index in [1.54, 1.807) is 63.5 Å². The van der Waals surface area contributed by atoms with Gasteiger partial charge in [-0.15, -0.1) is 0 Å². The van der Waals surface area contributed by atoms with Gasteiger partial charge in [-0.1, -0.05) is 24.0 Å². The van der Waals surface area contributed by atoms with E-state index in [1.807, 2.05) is 0 Å². The first kappa shape index (κ1) is 22.2. The van der Waals surface area contributed by atoms with Crippen LogP contribution in [-0.4, -0.2) is 64.8 Å². The highest BCUT2D eigenvalue weighted by molar-refractivity contribution is 6.02. The second-order valence-electron chi connectivity index (χ2n) is 7.67. The first-order chi connectivity index (χ1) is 15.8. The predicted octanol–water partition coefficient (Wildman–Crippen LogP) is 2.43. The van der Waals surface area contributed by atoms with Crippen molar-refractivity contribution in [2.75, 3.05) is 27.3 Å². The number of hydrogen-bond acceptors (Lipinski definition) is 7. The van der Waals surface area contributed by atoms with Crippen LogP contribution < -0.4 is 4.74 Å². The van der Waals surface area contributed by atoms with Gasteiger partial charge >= 0.3 is 5.97 Å². The lowest BCUT2D eigenvalue weighted by molar-refractivity contribution is -0.137. The molecule has 1 saturated heterocycles. The smallest absolute Gasteiger partial charge is 0.357 e. The number of esters is 1. The molecule has 1 fully saturated rings. The fourth-order valence-electron chi connectivity index (χ4n) is 3.60. The van der Waals surface area contributed by atoms with Crippen LogP contribution in [0.1, 0.15) is 29.4 Å². The quantitative estimate of drug-likeness (QED) is 0.486. The summed E-state index contributed by atoms with van der Waals surface area (Å²) in [5, 5.41) is 11.1. The SMILES string of the molecule is CCOC(=O)c1nc(-c2cccc(C#CC3(O)CCN(C)C3=O)c2)nc2ccc(OC)cc12. The van der Waals surface area contributed by atoms with Crippen molar-refractivity contribution in [3.05, 3.63) is 53.7 Å². The first-order valence-electron chi connectivity index (χ1n) is 10.5. The van der Waals surface area contributed by atoms with E-state index in [9.17, 15) is 14.7 Å². The van der Waals surface area contributed by atoms with Crippen LogP contribution in [-0.2, 0) is 9.53 Å². The van der Waals surface area contributed by atoms with Gasteiger partial charge in [0, 0.05) is 36.5 Å². The van der Waals surface area contributed by atoms with E-state index in [1.165, 1.54) is 4.90 Å². The predicted molar refractivity (Wildman–Crippen MR) is 122 cm³/mol. The van der Waals surface area contributed by atoms with Gasteiger partial charge in [-0.2, -0.15) is 0 Å². The standard InChI is InChI=1S/C25H23N3O5/c1-4-33-23(29)21-19-15-18(32-3)8-9-20(19)26-22(27-21)17-7-5-6-16(14-17)10-11-25(31)12-13-28(2)24(25)30/h5-9,14-15,31H,4,12-13H2,1-3H3. The van der Waals surface area contributed by atoms with Crippen LogP contribution in [0.3, 0.4) is 0 Å². The maximum atomic E-state index is 12.6. The second kappa shape index (κ2) is 8.88. The molecule has 2 aromatic carbocycles. The molecule has 8 nitrogen and oxygen atoms in total. The zero-order valence-electron chi connectivity index (χ0n) is 18.6. The zero-order chi connectivity index (χ0) is 23.6. The van der Waals surface area contributed by atoms with Crippen molar-refractivity contribution in [1.29, 1.82) is 0 Å². The number of likely N-dealkylation sites (N-methyl/N-ethyl adjacent to an activating group) is 1. The Labute approximate surface area is 191 Å². The van der Waals surface area contributed by atoms with Crippen molar-refractivity contribution in [2.24, 2.45) is 0 Å². The molecule has 8 heteroatoms. The number of hydrogen-bond donors (Lipinski definition) is 1. The molecule has 1 aliphatic rings. The van der Waals surface area contributed by atoms with Gasteiger partial charge in [-0.25, -0.2) is 14.8 Å². The van der Waals surface area contributed by atoms with E-state index < -0.39 is 17.5 Å². The van der Waals surface area contributed by atoms with Crippen LogP contribution in [0.5, 0.6) is 5.75 Å². The van der Waals surface area contributed by atoms with Gasteiger partial charge in [0.25, 0.3) is 5.91 Å². The largest absolute Gasteiger partial charge is 0.497 e. The lowest BCUT2D eigenvalue weighted by Crippen LogP contribution is -2.37. The van der Waals surface area contributed by atoms with Crippen LogP contribution in [0, 0.1) is 11.8 Å². The van der Waals surface area contributed by atoms with Gasteiger partial charge in [0.15, 0.2) is 11.5 Å². The van der Waals surface area contributed by atoms with Crippen molar-refractivity contribution in [1.82, 2.24) is 14.9 Å². The average molecular weight is 445 g/mol. The normalized spacial score (nSPS) is 17.6. The Hall–Kier alpha value is -3.96. The summed E-state index contributed by atoms with van der Waals surface area (Å²) in [6.07, 6.45) is 0.259. The van der Waals surface area contributed by atoms with Crippen LogP contribution in [0.4, 0.5) is 0 Å². The van der Waals surface area contributed by atoms with Gasteiger partial charge in [-0.05, 0) is 37.3 Å². The summed E-state index contributed by atoms with van der Waals surface area (Å²) in [4.78, 5) is 35.3. The topological polar surface area (TPSA) is 102 Å². The lowest BCUT2D eigenvalue weighted by atomic mass is 10.0. The third kappa shape index (κ3) is 4.36. The van der Waals surface area contributed by atoms with E-state index in [-0.39, 0.29) is 18.7 Å². The molecule has 4 rings (SSSR count). The number of likely N-dealkylation sites (tertiary alicyclic amines) is 1. The Bertz CT molecular complexity index is 1310. The number of fused-ring (bicyclic) bond motifs is 1. The molecule has 168 valence electrons. The van der Waals surface area contributed by atoms with Gasteiger partial charge in [-0.3, -0.25) is 4.79 Å². The molecule has 0 aliphatic carbocycles. The van der Waals surface area contributed by atoms with Crippen molar-refractivity contribution in [3.8, 4) is 29.0 Å². The molecule has 2 heterocycles. The minimum atomic E-state index is -1.68.